The quantitative estimate of drug-likeness (QED) is 0.561. The van der Waals surface area contributed by atoms with Crippen LogP contribution in [0, 0.1) is 0 Å². The second-order valence-electron chi connectivity index (χ2n) is 6.26. The topological polar surface area (TPSA) is 12.9 Å². The number of benzene rings is 2. The molecule has 0 N–H and O–H groups in total. The van der Waals surface area contributed by atoms with Gasteiger partial charge in [0.05, 0.1) is 10.7 Å². The Morgan fingerprint density at radius 1 is 0.864 bits per heavy atom. The smallest absolute Gasteiger partial charge is 0.0888 e. The lowest BCUT2D eigenvalue weighted by molar-refractivity contribution is 0.660. The van der Waals surface area contributed by atoms with E-state index in [2.05, 4.69) is 61.3 Å². The van der Waals surface area contributed by atoms with E-state index >= 15 is 0 Å². The van der Waals surface area contributed by atoms with Gasteiger partial charge in [-0.1, -0.05) is 61.8 Å². The Hall–Kier alpha value is -2.12. The van der Waals surface area contributed by atoms with Gasteiger partial charge in [0.1, 0.15) is 0 Å². The van der Waals surface area contributed by atoms with Gasteiger partial charge in [-0.05, 0) is 40.5 Å². The van der Waals surface area contributed by atoms with Crippen LogP contribution in [0.15, 0.2) is 60.8 Å². The standard InChI is InChI=1S/C20H16ClN/c1-20(2)16-7-4-3-6-14(16)15-10-9-13(12-17(15)20)19-18(21)8-5-11-22-19/h3-12H,1-2H3. The molecule has 0 bridgehead atoms. The van der Waals surface area contributed by atoms with Crippen LogP contribution in [0.4, 0.5) is 0 Å². The Balaban J connectivity index is 1.95. The number of halogens is 1. The van der Waals surface area contributed by atoms with Gasteiger partial charge >= 0.3 is 0 Å². The van der Waals surface area contributed by atoms with Crippen molar-refractivity contribution in [2.45, 2.75) is 19.3 Å². The molecular weight excluding hydrogens is 290 g/mol. The molecule has 2 heteroatoms. The molecule has 0 fully saturated rings. The van der Waals surface area contributed by atoms with Crippen LogP contribution in [-0.4, -0.2) is 4.98 Å². The fraction of sp³-hybridized carbons (Fsp3) is 0.150. The van der Waals surface area contributed by atoms with E-state index < -0.39 is 0 Å². The first-order valence-corrected chi connectivity index (χ1v) is 7.82. The summed E-state index contributed by atoms with van der Waals surface area (Å²) in [6.45, 7) is 4.56. The minimum atomic E-state index is 0.00317. The highest BCUT2D eigenvalue weighted by atomic mass is 35.5. The molecule has 0 radical (unpaired) electrons. The van der Waals surface area contributed by atoms with Crippen LogP contribution >= 0.6 is 11.6 Å². The van der Waals surface area contributed by atoms with Crippen molar-refractivity contribution in [3.05, 3.63) is 76.9 Å². The predicted molar refractivity (Wildman–Crippen MR) is 92.2 cm³/mol. The summed E-state index contributed by atoms with van der Waals surface area (Å²) >= 11 is 6.31. The molecule has 0 saturated heterocycles. The number of rotatable bonds is 1. The molecule has 0 spiro atoms. The SMILES string of the molecule is CC1(C)c2ccccc2-c2ccc(-c3ncccc3Cl)cc21. The van der Waals surface area contributed by atoms with Crippen molar-refractivity contribution in [1.29, 1.82) is 0 Å². The maximum Gasteiger partial charge on any atom is 0.0888 e. The summed E-state index contributed by atoms with van der Waals surface area (Å²) in [5, 5.41) is 0.691. The molecule has 4 rings (SSSR count). The van der Waals surface area contributed by atoms with Crippen LogP contribution in [-0.2, 0) is 5.41 Å². The van der Waals surface area contributed by atoms with Crippen LogP contribution in [0.1, 0.15) is 25.0 Å². The molecule has 2 aromatic carbocycles. The Bertz CT molecular complexity index is 880. The normalized spacial score (nSPS) is 14.5. The zero-order valence-electron chi connectivity index (χ0n) is 12.6. The first-order valence-electron chi connectivity index (χ1n) is 7.44. The van der Waals surface area contributed by atoms with E-state index in [0.29, 0.717) is 5.02 Å². The highest BCUT2D eigenvalue weighted by Gasteiger charge is 2.35. The fourth-order valence-corrected chi connectivity index (χ4v) is 3.68. The van der Waals surface area contributed by atoms with E-state index in [1.807, 2.05) is 12.1 Å². The Labute approximate surface area is 135 Å². The summed E-state index contributed by atoms with van der Waals surface area (Å²) in [5.74, 6) is 0. The Kier molecular flexibility index (Phi) is 2.88. The molecule has 1 aliphatic rings. The van der Waals surface area contributed by atoms with Crippen molar-refractivity contribution in [3.8, 4) is 22.4 Å². The van der Waals surface area contributed by atoms with Crippen molar-refractivity contribution in [2.24, 2.45) is 0 Å². The van der Waals surface area contributed by atoms with Gasteiger partial charge in [-0.2, -0.15) is 0 Å². The van der Waals surface area contributed by atoms with E-state index in [-0.39, 0.29) is 5.41 Å². The zero-order chi connectivity index (χ0) is 15.3. The molecular formula is C20H16ClN. The van der Waals surface area contributed by atoms with Gasteiger partial charge in [0.2, 0.25) is 0 Å². The van der Waals surface area contributed by atoms with Gasteiger partial charge in [-0.25, -0.2) is 0 Å². The van der Waals surface area contributed by atoms with Gasteiger partial charge in [0, 0.05) is 17.2 Å². The zero-order valence-corrected chi connectivity index (χ0v) is 13.4. The molecule has 1 heterocycles. The van der Waals surface area contributed by atoms with Crippen LogP contribution in [0.5, 0.6) is 0 Å². The highest BCUT2D eigenvalue weighted by molar-refractivity contribution is 6.33. The number of pyridine rings is 1. The van der Waals surface area contributed by atoms with Crippen LogP contribution in [0.25, 0.3) is 22.4 Å². The minimum Gasteiger partial charge on any atom is -0.255 e. The van der Waals surface area contributed by atoms with Crippen LogP contribution in [0.2, 0.25) is 5.02 Å². The van der Waals surface area contributed by atoms with Crippen molar-refractivity contribution in [1.82, 2.24) is 4.98 Å². The summed E-state index contributed by atoms with van der Waals surface area (Å²) in [6.07, 6.45) is 1.79. The number of hydrogen-bond donors (Lipinski definition) is 0. The second kappa shape index (κ2) is 4.69. The molecule has 0 unspecified atom stereocenters. The number of hydrogen-bond acceptors (Lipinski definition) is 1. The first-order chi connectivity index (χ1) is 10.6. The molecule has 108 valence electrons. The maximum absolute atomic E-state index is 6.31. The van der Waals surface area contributed by atoms with E-state index in [1.165, 1.54) is 22.3 Å². The van der Waals surface area contributed by atoms with Crippen LogP contribution in [0.3, 0.4) is 0 Å². The third-order valence-corrected chi connectivity index (χ3v) is 4.92. The third kappa shape index (κ3) is 1.82. The summed E-state index contributed by atoms with van der Waals surface area (Å²) < 4.78 is 0. The van der Waals surface area contributed by atoms with E-state index in [1.54, 1.807) is 6.20 Å². The monoisotopic (exact) mass is 305 g/mol. The summed E-state index contributed by atoms with van der Waals surface area (Å²) in [5.41, 5.74) is 7.30. The lowest BCUT2D eigenvalue weighted by Gasteiger charge is -2.21. The molecule has 0 saturated carbocycles. The Morgan fingerprint density at radius 2 is 1.64 bits per heavy atom. The van der Waals surface area contributed by atoms with Gasteiger partial charge in [0.25, 0.3) is 0 Å². The highest BCUT2D eigenvalue weighted by Crippen LogP contribution is 2.49. The Morgan fingerprint density at radius 3 is 2.45 bits per heavy atom. The summed E-state index contributed by atoms with van der Waals surface area (Å²) in [4.78, 5) is 4.44. The van der Waals surface area contributed by atoms with E-state index in [4.69, 9.17) is 11.6 Å². The van der Waals surface area contributed by atoms with Gasteiger partial charge in [-0.15, -0.1) is 0 Å². The van der Waals surface area contributed by atoms with Crippen molar-refractivity contribution in [2.75, 3.05) is 0 Å². The van der Waals surface area contributed by atoms with Crippen molar-refractivity contribution >= 4 is 11.6 Å². The molecule has 0 aliphatic heterocycles. The van der Waals surface area contributed by atoms with E-state index in [0.717, 1.165) is 11.3 Å². The molecule has 1 nitrogen and oxygen atoms in total. The molecule has 22 heavy (non-hydrogen) atoms. The van der Waals surface area contributed by atoms with Gasteiger partial charge in [0.15, 0.2) is 0 Å². The van der Waals surface area contributed by atoms with Crippen molar-refractivity contribution in [3.63, 3.8) is 0 Å². The first kappa shape index (κ1) is 13.5. The lowest BCUT2D eigenvalue weighted by Crippen LogP contribution is -2.14. The largest absolute Gasteiger partial charge is 0.255 e. The minimum absolute atomic E-state index is 0.00317. The van der Waals surface area contributed by atoms with Gasteiger partial charge in [-0.3, -0.25) is 4.98 Å². The molecule has 1 aromatic heterocycles. The van der Waals surface area contributed by atoms with Crippen LogP contribution < -0.4 is 0 Å². The molecule has 1 aliphatic carbocycles. The average Bonchev–Trinajstić information content (AvgIpc) is 2.76. The number of fused-ring (bicyclic) bond motifs is 3. The van der Waals surface area contributed by atoms with Gasteiger partial charge < -0.3 is 0 Å². The molecule has 0 atom stereocenters. The third-order valence-electron chi connectivity index (χ3n) is 4.62. The summed E-state index contributed by atoms with van der Waals surface area (Å²) in [7, 11) is 0. The number of aromatic nitrogens is 1. The summed E-state index contributed by atoms with van der Waals surface area (Å²) in [6, 6.07) is 18.9. The molecule has 0 amide bonds. The number of nitrogens with zero attached hydrogens (tertiary/aromatic N) is 1. The lowest BCUT2D eigenvalue weighted by atomic mass is 9.82. The molecule has 3 aromatic rings. The average molecular weight is 306 g/mol. The maximum atomic E-state index is 6.31. The van der Waals surface area contributed by atoms with Crippen molar-refractivity contribution < 1.29 is 0 Å². The fourth-order valence-electron chi connectivity index (χ4n) is 3.45. The predicted octanol–water partition coefficient (Wildman–Crippen LogP) is 5.71. The van der Waals surface area contributed by atoms with E-state index in [9.17, 15) is 0 Å². The second-order valence-corrected chi connectivity index (χ2v) is 6.67.